The van der Waals surface area contributed by atoms with Gasteiger partial charge in [-0.15, -0.1) is 0 Å². The molecule has 0 aliphatic heterocycles. The number of hydrogen-bond donors (Lipinski definition) is 1. The molecule has 1 aliphatic carbocycles. The summed E-state index contributed by atoms with van der Waals surface area (Å²) in [5.74, 6) is 1.18. The van der Waals surface area contributed by atoms with Crippen LogP contribution in [-0.2, 0) is 6.42 Å². The number of nitrogens with one attached hydrogen (secondary N) is 1. The molecule has 0 aromatic heterocycles. The van der Waals surface area contributed by atoms with Gasteiger partial charge in [0.2, 0.25) is 0 Å². The van der Waals surface area contributed by atoms with E-state index in [1.165, 1.54) is 18.9 Å². The largest absolute Gasteiger partial charge is 0.317 e. The number of halogens is 2. The van der Waals surface area contributed by atoms with Gasteiger partial charge in [0.25, 0.3) is 0 Å². The normalized spacial score (nSPS) is 23.5. The minimum atomic E-state index is -0.326. The third-order valence-electron chi connectivity index (χ3n) is 3.71. The molecule has 1 aromatic rings. The minimum Gasteiger partial charge on any atom is -0.317 e. The molecule has 3 heteroatoms. The average Bonchev–Trinajstić information content (AvgIpc) is 2.29. The smallest absolute Gasteiger partial charge is 0.141 e. The van der Waals surface area contributed by atoms with Gasteiger partial charge in [-0.2, -0.15) is 0 Å². The highest BCUT2D eigenvalue weighted by molar-refractivity contribution is 6.30. The van der Waals surface area contributed by atoms with E-state index in [1.807, 2.05) is 6.07 Å². The van der Waals surface area contributed by atoms with Crippen molar-refractivity contribution in [2.24, 2.45) is 11.8 Å². The van der Waals surface area contributed by atoms with E-state index in [1.54, 1.807) is 6.07 Å². The lowest BCUT2D eigenvalue weighted by Gasteiger charge is -2.37. The van der Waals surface area contributed by atoms with E-state index < -0.39 is 0 Å². The Morgan fingerprint density at radius 3 is 2.71 bits per heavy atom. The summed E-state index contributed by atoms with van der Waals surface area (Å²) in [7, 11) is 0. The van der Waals surface area contributed by atoms with Gasteiger partial charge in [0, 0.05) is 0 Å². The lowest BCUT2D eigenvalue weighted by Crippen LogP contribution is -2.36. The van der Waals surface area contributed by atoms with Crippen molar-refractivity contribution in [2.45, 2.75) is 26.2 Å². The van der Waals surface area contributed by atoms with E-state index in [0.29, 0.717) is 0 Å². The first-order chi connectivity index (χ1) is 8.20. The van der Waals surface area contributed by atoms with Crippen LogP contribution in [0.1, 0.15) is 25.3 Å². The third kappa shape index (κ3) is 3.20. The molecule has 2 atom stereocenters. The van der Waals surface area contributed by atoms with Gasteiger partial charge in [0.05, 0.1) is 5.02 Å². The van der Waals surface area contributed by atoms with E-state index >= 15 is 0 Å². The van der Waals surface area contributed by atoms with Crippen molar-refractivity contribution < 1.29 is 4.39 Å². The Labute approximate surface area is 107 Å². The van der Waals surface area contributed by atoms with Crippen molar-refractivity contribution >= 4 is 11.6 Å². The van der Waals surface area contributed by atoms with E-state index in [9.17, 15) is 4.39 Å². The SMILES string of the molecule is CCNCC1CCC1Cc1ccc(F)c(Cl)c1. The molecule has 1 saturated carbocycles. The van der Waals surface area contributed by atoms with Gasteiger partial charge in [-0.1, -0.05) is 24.6 Å². The summed E-state index contributed by atoms with van der Waals surface area (Å²) in [6, 6.07) is 5.08. The Bertz CT molecular complexity index is 380. The predicted octanol–water partition coefficient (Wildman–Crippen LogP) is 3.66. The molecule has 94 valence electrons. The first-order valence-corrected chi connectivity index (χ1v) is 6.73. The first kappa shape index (κ1) is 12.8. The Kier molecular flexibility index (Phi) is 4.41. The zero-order valence-electron chi connectivity index (χ0n) is 10.2. The summed E-state index contributed by atoms with van der Waals surface area (Å²) >= 11 is 5.79. The third-order valence-corrected chi connectivity index (χ3v) is 4.00. The maximum atomic E-state index is 13.0. The molecule has 0 spiro atoms. The molecular weight excluding hydrogens is 237 g/mol. The standard InChI is InChI=1S/C14H19ClFN/c1-2-17-9-12-5-4-11(12)7-10-3-6-14(16)13(15)8-10/h3,6,8,11-12,17H,2,4-5,7,9H2,1H3. The summed E-state index contributed by atoms with van der Waals surface area (Å²) in [6.07, 6.45) is 3.62. The van der Waals surface area contributed by atoms with E-state index in [4.69, 9.17) is 11.6 Å². The van der Waals surface area contributed by atoms with Crippen LogP contribution >= 0.6 is 11.6 Å². The van der Waals surface area contributed by atoms with Crippen molar-refractivity contribution in [3.63, 3.8) is 0 Å². The van der Waals surface area contributed by atoms with Gasteiger partial charge >= 0.3 is 0 Å². The van der Waals surface area contributed by atoms with Crippen LogP contribution in [0.4, 0.5) is 4.39 Å². The van der Waals surface area contributed by atoms with Gasteiger partial charge in [0.1, 0.15) is 5.82 Å². The fraction of sp³-hybridized carbons (Fsp3) is 0.571. The highest BCUT2D eigenvalue weighted by Crippen LogP contribution is 2.36. The summed E-state index contributed by atoms with van der Waals surface area (Å²) in [5, 5.41) is 3.64. The summed E-state index contributed by atoms with van der Waals surface area (Å²) in [6.45, 7) is 4.27. The van der Waals surface area contributed by atoms with Crippen LogP contribution in [0.15, 0.2) is 18.2 Å². The maximum Gasteiger partial charge on any atom is 0.141 e. The molecule has 0 bridgehead atoms. The fourth-order valence-corrected chi connectivity index (χ4v) is 2.68. The van der Waals surface area contributed by atoms with Crippen LogP contribution in [0.25, 0.3) is 0 Å². The average molecular weight is 256 g/mol. The minimum absolute atomic E-state index is 0.241. The molecule has 0 heterocycles. The topological polar surface area (TPSA) is 12.0 Å². The number of hydrogen-bond acceptors (Lipinski definition) is 1. The van der Waals surface area contributed by atoms with Crippen molar-refractivity contribution in [3.05, 3.63) is 34.6 Å². The van der Waals surface area contributed by atoms with Crippen LogP contribution < -0.4 is 5.32 Å². The zero-order valence-corrected chi connectivity index (χ0v) is 10.9. The second kappa shape index (κ2) is 5.83. The van der Waals surface area contributed by atoms with Crippen LogP contribution in [0, 0.1) is 17.7 Å². The van der Waals surface area contributed by atoms with Gasteiger partial charge in [-0.3, -0.25) is 0 Å². The molecule has 1 aromatic carbocycles. The number of rotatable bonds is 5. The Morgan fingerprint density at radius 2 is 2.12 bits per heavy atom. The fourth-order valence-electron chi connectivity index (χ4n) is 2.47. The quantitative estimate of drug-likeness (QED) is 0.847. The zero-order chi connectivity index (χ0) is 12.3. The van der Waals surface area contributed by atoms with Crippen LogP contribution in [0.3, 0.4) is 0 Å². The van der Waals surface area contributed by atoms with Gasteiger partial charge in [0.15, 0.2) is 0 Å². The van der Waals surface area contributed by atoms with Crippen molar-refractivity contribution in [1.29, 1.82) is 0 Å². The van der Waals surface area contributed by atoms with Crippen LogP contribution in [0.2, 0.25) is 5.02 Å². The van der Waals surface area contributed by atoms with Crippen LogP contribution in [0.5, 0.6) is 0 Å². The predicted molar refractivity (Wildman–Crippen MR) is 69.9 cm³/mol. The van der Waals surface area contributed by atoms with E-state index in [0.717, 1.165) is 36.9 Å². The molecule has 0 radical (unpaired) electrons. The molecule has 1 aliphatic rings. The van der Waals surface area contributed by atoms with Crippen molar-refractivity contribution in [3.8, 4) is 0 Å². The molecule has 17 heavy (non-hydrogen) atoms. The Morgan fingerprint density at radius 1 is 1.35 bits per heavy atom. The lowest BCUT2D eigenvalue weighted by molar-refractivity contribution is 0.172. The Hall–Kier alpha value is -0.600. The molecular formula is C14H19ClFN. The molecule has 0 amide bonds. The van der Waals surface area contributed by atoms with Crippen molar-refractivity contribution in [1.82, 2.24) is 5.32 Å². The maximum absolute atomic E-state index is 13.0. The van der Waals surface area contributed by atoms with Gasteiger partial charge in [-0.05, 0) is 61.9 Å². The lowest BCUT2D eigenvalue weighted by atomic mass is 9.70. The first-order valence-electron chi connectivity index (χ1n) is 6.35. The molecule has 1 nitrogen and oxygen atoms in total. The molecule has 2 rings (SSSR count). The molecule has 1 fully saturated rings. The van der Waals surface area contributed by atoms with Crippen LogP contribution in [-0.4, -0.2) is 13.1 Å². The summed E-state index contributed by atoms with van der Waals surface area (Å²) in [4.78, 5) is 0. The second-order valence-corrected chi connectivity index (χ2v) is 5.26. The van der Waals surface area contributed by atoms with E-state index in [2.05, 4.69) is 12.2 Å². The summed E-state index contributed by atoms with van der Waals surface area (Å²) in [5.41, 5.74) is 1.16. The molecule has 1 N–H and O–H groups in total. The Balaban J connectivity index is 1.90. The van der Waals surface area contributed by atoms with Gasteiger partial charge < -0.3 is 5.32 Å². The highest BCUT2D eigenvalue weighted by atomic mass is 35.5. The number of benzene rings is 1. The molecule has 2 unspecified atom stereocenters. The monoisotopic (exact) mass is 255 g/mol. The second-order valence-electron chi connectivity index (χ2n) is 4.86. The summed E-state index contributed by atoms with van der Waals surface area (Å²) < 4.78 is 13.0. The van der Waals surface area contributed by atoms with Crippen molar-refractivity contribution in [2.75, 3.05) is 13.1 Å². The molecule has 0 saturated heterocycles. The van der Waals surface area contributed by atoms with Gasteiger partial charge in [-0.25, -0.2) is 4.39 Å². The highest BCUT2D eigenvalue weighted by Gasteiger charge is 2.30. The van der Waals surface area contributed by atoms with E-state index in [-0.39, 0.29) is 10.8 Å².